The van der Waals surface area contributed by atoms with E-state index in [1.165, 1.54) is 21.3 Å². The molecule has 9 nitrogen and oxygen atoms in total. The molecule has 3 N–H and O–H groups in total. The lowest BCUT2D eigenvalue weighted by Gasteiger charge is -2.57. The zero-order valence-electron chi connectivity index (χ0n) is 14.0. The molecule has 0 aromatic carbocycles. The molecule has 0 aliphatic carbocycles. The molecular formula is C14H26O9. The number of fused-ring (bicyclic) bond motifs is 1. The van der Waals surface area contributed by atoms with Crippen molar-refractivity contribution in [3.8, 4) is 0 Å². The van der Waals surface area contributed by atoms with E-state index in [1.807, 2.05) is 0 Å². The molecule has 8 atom stereocenters. The minimum absolute atomic E-state index is 0.547. The van der Waals surface area contributed by atoms with Gasteiger partial charge in [0.1, 0.15) is 30.5 Å². The summed E-state index contributed by atoms with van der Waals surface area (Å²) in [4.78, 5) is 0. The van der Waals surface area contributed by atoms with Gasteiger partial charge in [-0.05, 0) is 13.8 Å². The molecule has 2 aliphatic rings. The van der Waals surface area contributed by atoms with E-state index in [-0.39, 0.29) is 0 Å². The second-order valence-electron chi connectivity index (χ2n) is 5.91. The Balaban J connectivity index is 2.37. The van der Waals surface area contributed by atoms with Crippen molar-refractivity contribution in [2.75, 3.05) is 27.9 Å². The zero-order chi connectivity index (χ0) is 17.4. The molecule has 0 spiro atoms. The fourth-order valence-electron chi connectivity index (χ4n) is 2.93. The van der Waals surface area contributed by atoms with Crippen LogP contribution in [0.5, 0.6) is 0 Å². The Morgan fingerprint density at radius 1 is 1.04 bits per heavy atom. The highest BCUT2D eigenvalue weighted by Crippen LogP contribution is 2.44. The van der Waals surface area contributed by atoms with Crippen molar-refractivity contribution >= 4 is 0 Å². The molecule has 2 saturated heterocycles. The van der Waals surface area contributed by atoms with Gasteiger partial charge in [-0.1, -0.05) is 0 Å². The zero-order valence-corrected chi connectivity index (χ0v) is 14.0. The van der Waals surface area contributed by atoms with Gasteiger partial charge < -0.3 is 43.7 Å². The average molecular weight is 338 g/mol. The van der Waals surface area contributed by atoms with Crippen LogP contribution in [0.4, 0.5) is 0 Å². The van der Waals surface area contributed by atoms with E-state index in [9.17, 15) is 15.3 Å². The van der Waals surface area contributed by atoms with Gasteiger partial charge in [0.15, 0.2) is 6.29 Å². The van der Waals surface area contributed by atoms with E-state index in [2.05, 4.69) is 0 Å². The number of methoxy groups -OCH3 is 3. The first-order chi connectivity index (χ1) is 10.8. The summed E-state index contributed by atoms with van der Waals surface area (Å²) in [6, 6.07) is 0. The molecular weight excluding hydrogens is 312 g/mol. The minimum atomic E-state index is -1.32. The van der Waals surface area contributed by atoms with E-state index in [4.69, 9.17) is 28.4 Å². The molecule has 0 unspecified atom stereocenters. The quantitative estimate of drug-likeness (QED) is 0.555. The van der Waals surface area contributed by atoms with Crippen molar-refractivity contribution in [3.05, 3.63) is 0 Å². The fraction of sp³-hybridized carbons (Fsp3) is 1.00. The first-order valence-corrected chi connectivity index (χ1v) is 7.38. The summed E-state index contributed by atoms with van der Waals surface area (Å²) in [5, 5.41) is 29.7. The van der Waals surface area contributed by atoms with E-state index < -0.39 is 55.0 Å². The molecule has 9 heteroatoms. The van der Waals surface area contributed by atoms with Gasteiger partial charge in [-0.25, -0.2) is 0 Å². The maximum absolute atomic E-state index is 10.4. The summed E-state index contributed by atoms with van der Waals surface area (Å²) in [7, 11) is 4.21. The van der Waals surface area contributed by atoms with Crippen molar-refractivity contribution < 1.29 is 43.7 Å². The number of aliphatic hydroxyl groups excluding tert-OH is 3. The normalized spacial score (nSPS) is 48.8. The smallest absolute Gasteiger partial charge is 0.220 e. The second kappa shape index (κ2) is 6.87. The van der Waals surface area contributed by atoms with Crippen LogP contribution in [0.25, 0.3) is 0 Å². The molecule has 0 aromatic heterocycles. The maximum Gasteiger partial charge on any atom is 0.220 e. The van der Waals surface area contributed by atoms with Crippen molar-refractivity contribution in [2.24, 2.45) is 0 Å². The highest BCUT2D eigenvalue weighted by Gasteiger charge is 2.63. The van der Waals surface area contributed by atoms with Crippen LogP contribution in [0, 0.1) is 0 Å². The lowest BCUT2D eigenvalue weighted by molar-refractivity contribution is -0.481. The molecule has 0 bridgehead atoms. The Morgan fingerprint density at radius 2 is 1.57 bits per heavy atom. The predicted octanol–water partition coefficient (Wildman–Crippen LogP) is -1.42. The Labute approximate surface area is 135 Å². The van der Waals surface area contributed by atoms with Crippen LogP contribution in [-0.4, -0.2) is 91.6 Å². The van der Waals surface area contributed by atoms with Crippen LogP contribution in [0.15, 0.2) is 0 Å². The first kappa shape index (κ1) is 19.0. The minimum Gasteiger partial charge on any atom is -0.394 e. The van der Waals surface area contributed by atoms with Crippen molar-refractivity contribution in [1.82, 2.24) is 0 Å². The molecule has 23 heavy (non-hydrogen) atoms. The van der Waals surface area contributed by atoms with Crippen LogP contribution in [0.1, 0.15) is 13.8 Å². The number of ether oxygens (including phenoxy) is 6. The van der Waals surface area contributed by atoms with Gasteiger partial charge in [0.2, 0.25) is 11.6 Å². The van der Waals surface area contributed by atoms with Gasteiger partial charge in [0.25, 0.3) is 0 Å². The van der Waals surface area contributed by atoms with Gasteiger partial charge in [-0.3, -0.25) is 0 Å². The maximum atomic E-state index is 10.4. The Hall–Kier alpha value is -0.360. The van der Waals surface area contributed by atoms with Gasteiger partial charge in [-0.2, -0.15) is 0 Å². The standard InChI is InChI=1S/C14H26O9/c1-13(19-4)14(2,20-5)23-11-9(7(16)6-15)21-12(18-3)8(17)10(11)22-13/h7-12,15-17H,6H2,1-5H3/t7-,8-,9+,10+,11+,12-,13-,14-/m0/s1. The summed E-state index contributed by atoms with van der Waals surface area (Å²) in [5.74, 6) is -2.63. The van der Waals surface area contributed by atoms with Crippen LogP contribution in [0.3, 0.4) is 0 Å². The Kier molecular flexibility index (Phi) is 5.66. The summed E-state index contributed by atoms with van der Waals surface area (Å²) in [5.41, 5.74) is 0. The van der Waals surface area contributed by atoms with Crippen LogP contribution in [0.2, 0.25) is 0 Å². The highest BCUT2D eigenvalue weighted by molar-refractivity contribution is 5.01. The lowest BCUT2D eigenvalue weighted by atomic mass is 9.91. The van der Waals surface area contributed by atoms with E-state index >= 15 is 0 Å². The number of rotatable bonds is 5. The topological polar surface area (TPSA) is 116 Å². The van der Waals surface area contributed by atoms with Gasteiger partial charge in [-0.15, -0.1) is 0 Å². The van der Waals surface area contributed by atoms with Crippen LogP contribution in [-0.2, 0) is 28.4 Å². The molecule has 2 fully saturated rings. The third-order valence-corrected chi connectivity index (χ3v) is 4.68. The molecule has 0 aromatic rings. The fourth-order valence-corrected chi connectivity index (χ4v) is 2.93. The SMILES string of the molecule is CO[C@H]1O[C@H]([C@@H](O)CO)[C@H]2O[C@](C)(OC)[C@@](C)(OC)O[C@@H]2[C@@H]1O. The van der Waals surface area contributed by atoms with E-state index in [1.54, 1.807) is 13.8 Å². The van der Waals surface area contributed by atoms with Crippen molar-refractivity contribution in [2.45, 2.75) is 62.2 Å². The van der Waals surface area contributed by atoms with Crippen molar-refractivity contribution in [3.63, 3.8) is 0 Å². The van der Waals surface area contributed by atoms with Crippen molar-refractivity contribution in [1.29, 1.82) is 0 Å². The summed E-state index contributed by atoms with van der Waals surface area (Å²) in [6.07, 6.45) is -6.25. The summed E-state index contributed by atoms with van der Waals surface area (Å²) in [6.45, 7) is 2.69. The Morgan fingerprint density at radius 3 is 2.00 bits per heavy atom. The molecule has 0 radical (unpaired) electrons. The molecule has 136 valence electrons. The molecule has 0 saturated carbocycles. The largest absolute Gasteiger partial charge is 0.394 e. The van der Waals surface area contributed by atoms with Gasteiger partial charge in [0, 0.05) is 21.3 Å². The third-order valence-electron chi connectivity index (χ3n) is 4.68. The van der Waals surface area contributed by atoms with Crippen LogP contribution >= 0.6 is 0 Å². The predicted molar refractivity (Wildman–Crippen MR) is 75.3 cm³/mol. The lowest BCUT2D eigenvalue weighted by Crippen LogP contribution is -2.74. The van der Waals surface area contributed by atoms with Gasteiger partial charge >= 0.3 is 0 Å². The van der Waals surface area contributed by atoms with Gasteiger partial charge in [0.05, 0.1) is 6.61 Å². The van der Waals surface area contributed by atoms with Crippen LogP contribution < -0.4 is 0 Å². The van der Waals surface area contributed by atoms with E-state index in [0.717, 1.165) is 0 Å². The monoisotopic (exact) mass is 338 g/mol. The average Bonchev–Trinajstić information content (AvgIpc) is 2.56. The molecule has 0 amide bonds. The number of hydrogen-bond acceptors (Lipinski definition) is 9. The molecule has 2 heterocycles. The second-order valence-corrected chi connectivity index (χ2v) is 5.91. The number of hydrogen-bond donors (Lipinski definition) is 3. The summed E-state index contributed by atoms with van der Waals surface area (Å²) >= 11 is 0. The number of aliphatic hydroxyl groups is 3. The van der Waals surface area contributed by atoms with E-state index in [0.29, 0.717) is 0 Å². The first-order valence-electron chi connectivity index (χ1n) is 7.38. The molecule has 2 rings (SSSR count). The Bertz CT molecular complexity index is 408. The third kappa shape index (κ3) is 3.01. The molecule has 2 aliphatic heterocycles. The highest BCUT2D eigenvalue weighted by atomic mass is 16.8. The summed E-state index contributed by atoms with van der Waals surface area (Å²) < 4.78 is 33.3.